The number of piperidine rings is 1. The highest BCUT2D eigenvalue weighted by atomic mass is 16.5. The van der Waals surface area contributed by atoms with Crippen molar-refractivity contribution in [2.45, 2.75) is 70.1 Å². The van der Waals surface area contributed by atoms with E-state index in [0.717, 1.165) is 19.3 Å². The van der Waals surface area contributed by atoms with Crippen molar-refractivity contribution in [3.8, 4) is 5.75 Å². The van der Waals surface area contributed by atoms with Crippen molar-refractivity contribution in [1.29, 1.82) is 0 Å². The first-order valence-electron chi connectivity index (χ1n) is 13.3. The molecule has 0 saturated carbocycles. The van der Waals surface area contributed by atoms with Crippen LogP contribution >= 0.6 is 0 Å². The number of ether oxygens (including phenoxy) is 3. The van der Waals surface area contributed by atoms with Gasteiger partial charge in [0.15, 0.2) is 5.60 Å². The molecule has 2 fully saturated rings. The molecule has 1 N–H and O–H groups in total. The van der Waals surface area contributed by atoms with Crippen molar-refractivity contribution in [2.75, 3.05) is 51.5 Å². The number of rotatable bonds is 8. The summed E-state index contributed by atoms with van der Waals surface area (Å²) in [5.74, 6) is 0.333. The van der Waals surface area contributed by atoms with Crippen molar-refractivity contribution >= 4 is 23.6 Å². The highest BCUT2D eigenvalue weighted by Crippen LogP contribution is 2.42. The molecular weight excluding hydrogens is 478 g/mol. The summed E-state index contributed by atoms with van der Waals surface area (Å²) in [6.45, 7) is 6.71. The van der Waals surface area contributed by atoms with Gasteiger partial charge in [-0.3, -0.25) is 9.59 Å². The number of fused-ring (bicyclic) bond motifs is 1. The zero-order valence-electron chi connectivity index (χ0n) is 22.1. The van der Waals surface area contributed by atoms with Gasteiger partial charge in [0.05, 0.1) is 24.9 Å². The lowest BCUT2D eigenvalue weighted by molar-refractivity contribution is -0.144. The molecule has 10 heteroatoms. The summed E-state index contributed by atoms with van der Waals surface area (Å²) in [4.78, 5) is 44.1. The Hall–Kier alpha value is -2.85. The molecule has 4 rings (SSSR count). The van der Waals surface area contributed by atoms with Crippen LogP contribution in [0.5, 0.6) is 5.75 Å². The number of nitrogens with zero attached hydrogens (tertiary/aromatic N) is 3. The third-order valence-electron chi connectivity index (χ3n) is 7.57. The van der Waals surface area contributed by atoms with Gasteiger partial charge in [-0.25, -0.2) is 4.79 Å². The van der Waals surface area contributed by atoms with E-state index in [9.17, 15) is 19.5 Å². The molecule has 0 bridgehead atoms. The number of likely N-dealkylation sites (tertiary alicyclic amines) is 1. The summed E-state index contributed by atoms with van der Waals surface area (Å²) in [5.41, 5.74) is 0.121. The van der Waals surface area contributed by atoms with Crippen LogP contribution in [0.15, 0.2) is 18.2 Å². The number of carboxylic acid groups (broad SMARTS) is 1. The number of carbonyl (C=O) groups excluding carboxylic acids is 2. The van der Waals surface area contributed by atoms with Gasteiger partial charge in [0, 0.05) is 57.8 Å². The van der Waals surface area contributed by atoms with E-state index >= 15 is 0 Å². The van der Waals surface area contributed by atoms with Crippen LogP contribution < -0.4 is 9.64 Å². The number of carbonyl (C=O) groups is 3. The van der Waals surface area contributed by atoms with Crippen molar-refractivity contribution < 1.29 is 33.7 Å². The van der Waals surface area contributed by atoms with Crippen LogP contribution in [-0.2, 0) is 14.3 Å². The maximum absolute atomic E-state index is 13.8. The summed E-state index contributed by atoms with van der Waals surface area (Å²) in [5, 5.41) is 9.48. The molecule has 0 radical (unpaired) electrons. The average Bonchev–Trinajstić information content (AvgIpc) is 2.89. The number of unbranched alkanes of at least 4 members (excludes halogenated alkanes) is 1. The Morgan fingerprint density at radius 1 is 1.24 bits per heavy atom. The lowest BCUT2D eigenvalue weighted by atomic mass is 9.89. The molecule has 3 heterocycles. The monoisotopic (exact) mass is 517 g/mol. The number of benzene rings is 1. The molecule has 1 spiro atoms. The Labute approximate surface area is 218 Å². The molecule has 10 nitrogen and oxygen atoms in total. The molecule has 204 valence electrons. The number of hydrogen-bond donors (Lipinski definition) is 1. The lowest BCUT2D eigenvalue weighted by Gasteiger charge is -2.44. The molecule has 0 aromatic heterocycles. The summed E-state index contributed by atoms with van der Waals surface area (Å²) in [7, 11) is 1.66. The van der Waals surface area contributed by atoms with Crippen LogP contribution in [0.2, 0.25) is 0 Å². The van der Waals surface area contributed by atoms with Gasteiger partial charge in [-0.15, -0.1) is 0 Å². The second-order valence-electron chi connectivity index (χ2n) is 10.4. The molecule has 3 amide bonds. The molecule has 1 aromatic carbocycles. The Kier molecular flexibility index (Phi) is 8.59. The zero-order valence-corrected chi connectivity index (χ0v) is 22.1. The van der Waals surface area contributed by atoms with Crippen molar-refractivity contribution in [3.05, 3.63) is 23.8 Å². The number of methoxy groups -OCH3 is 1. The van der Waals surface area contributed by atoms with Crippen LogP contribution in [0.25, 0.3) is 0 Å². The van der Waals surface area contributed by atoms with E-state index < -0.39 is 11.7 Å². The van der Waals surface area contributed by atoms with Crippen LogP contribution in [0.4, 0.5) is 10.5 Å². The van der Waals surface area contributed by atoms with Crippen molar-refractivity contribution in [2.24, 2.45) is 0 Å². The van der Waals surface area contributed by atoms with E-state index in [1.807, 2.05) is 13.8 Å². The highest BCUT2D eigenvalue weighted by molar-refractivity contribution is 6.05. The first-order chi connectivity index (χ1) is 17.8. The zero-order chi connectivity index (χ0) is 26.6. The largest absolute Gasteiger partial charge is 0.475 e. The molecule has 0 unspecified atom stereocenters. The van der Waals surface area contributed by atoms with Crippen LogP contribution in [0.3, 0.4) is 0 Å². The predicted molar refractivity (Wildman–Crippen MR) is 137 cm³/mol. The standard InChI is InChI=1S/C27H39N3O7/c1-19(2)30(21-7-6-12-28(18-21)26(33)34)24(31)20-8-9-23-22(17-20)29(13-4-5-14-35-3)25(32)27(37-23)10-15-36-16-11-27/h8-9,17,19,21H,4-7,10-16,18H2,1-3H3,(H,33,34)/t21-/m1/s1. The van der Waals surface area contributed by atoms with Crippen LogP contribution in [0, 0.1) is 0 Å². The van der Waals surface area contributed by atoms with Gasteiger partial charge in [0.2, 0.25) is 0 Å². The van der Waals surface area contributed by atoms with Gasteiger partial charge in [-0.05, 0) is 57.7 Å². The average molecular weight is 518 g/mol. The van der Waals surface area contributed by atoms with Gasteiger partial charge in [-0.1, -0.05) is 0 Å². The first kappa shape index (κ1) is 27.2. The fraction of sp³-hybridized carbons (Fsp3) is 0.667. The van der Waals surface area contributed by atoms with E-state index in [2.05, 4.69) is 0 Å². The van der Waals surface area contributed by atoms with E-state index in [-0.39, 0.29) is 23.9 Å². The lowest BCUT2D eigenvalue weighted by Crippen LogP contribution is -2.58. The van der Waals surface area contributed by atoms with E-state index in [4.69, 9.17) is 14.2 Å². The maximum atomic E-state index is 13.8. The fourth-order valence-electron chi connectivity index (χ4n) is 5.64. The second-order valence-corrected chi connectivity index (χ2v) is 10.4. The predicted octanol–water partition coefficient (Wildman–Crippen LogP) is 3.38. The normalized spacial score (nSPS) is 21.1. The minimum absolute atomic E-state index is 0.0876. The SMILES string of the molecule is COCCCCN1C(=O)C2(CCOCC2)Oc2ccc(C(=O)N(C(C)C)[C@@H]3CCCN(C(=O)O)C3)cc21. The molecule has 0 aliphatic carbocycles. The van der Waals surface area contributed by atoms with E-state index in [0.29, 0.717) is 75.7 Å². The molecule has 2 saturated heterocycles. The van der Waals surface area contributed by atoms with Gasteiger partial charge >= 0.3 is 6.09 Å². The summed E-state index contributed by atoms with van der Waals surface area (Å²) in [6.07, 6.45) is 3.05. The molecule has 3 aliphatic heterocycles. The Morgan fingerprint density at radius 3 is 2.68 bits per heavy atom. The van der Waals surface area contributed by atoms with Gasteiger partial charge in [0.1, 0.15) is 5.75 Å². The summed E-state index contributed by atoms with van der Waals surface area (Å²) < 4.78 is 17.0. The smallest absolute Gasteiger partial charge is 0.407 e. The van der Waals surface area contributed by atoms with Crippen molar-refractivity contribution in [1.82, 2.24) is 9.80 Å². The first-order valence-corrected chi connectivity index (χ1v) is 13.3. The third-order valence-corrected chi connectivity index (χ3v) is 7.57. The molecule has 37 heavy (non-hydrogen) atoms. The number of anilines is 1. The van der Waals surface area contributed by atoms with Crippen molar-refractivity contribution in [3.63, 3.8) is 0 Å². The Bertz CT molecular complexity index is 992. The molecule has 3 aliphatic rings. The molecule has 1 aromatic rings. The minimum Gasteiger partial charge on any atom is -0.475 e. The van der Waals surface area contributed by atoms with Gasteiger partial charge < -0.3 is 34.0 Å². The molecular formula is C27H39N3O7. The van der Waals surface area contributed by atoms with Gasteiger partial charge in [-0.2, -0.15) is 0 Å². The summed E-state index contributed by atoms with van der Waals surface area (Å²) in [6, 6.07) is 4.97. The maximum Gasteiger partial charge on any atom is 0.407 e. The summed E-state index contributed by atoms with van der Waals surface area (Å²) >= 11 is 0. The number of amides is 3. The number of hydrogen-bond acceptors (Lipinski definition) is 6. The quantitative estimate of drug-likeness (QED) is 0.527. The van der Waals surface area contributed by atoms with Crippen LogP contribution in [0.1, 0.15) is 62.7 Å². The van der Waals surface area contributed by atoms with Gasteiger partial charge in [0.25, 0.3) is 11.8 Å². The Morgan fingerprint density at radius 2 is 2.00 bits per heavy atom. The Balaban J connectivity index is 1.63. The minimum atomic E-state index is -0.962. The van der Waals surface area contributed by atoms with Crippen LogP contribution in [-0.4, -0.2) is 97.1 Å². The van der Waals surface area contributed by atoms with E-state index in [1.54, 1.807) is 35.1 Å². The highest BCUT2D eigenvalue weighted by Gasteiger charge is 2.49. The molecule has 1 atom stereocenters. The third kappa shape index (κ3) is 5.70. The van der Waals surface area contributed by atoms with E-state index in [1.165, 1.54) is 4.90 Å². The topological polar surface area (TPSA) is 109 Å². The second kappa shape index (κ2) is 11.7. The fourth-order valence-corrected chi connectivity index (χ4v) is 5.64.